The normalized spacial score (nSPS) is 24.2. The molecule has 1 fully saturated rings. The monoisotopic (exact) mass is 269 g/mol. The number of fused-ring (bicyclic) bond motifs is 1. The highest BCUT2D eigenvalue weighted by atomic mass is 16.6. The third-order valence-corrected chi connectivity index (χ3v) is 4.27. The molecule has 1 aliphatic heterocycles. The summed E-state index contributed by atoms with van der Waals surface area (Å²) in [6, 6.07) is 6.65. The largest absolute Gasteiger partial charge is 0.370 e. The maximum absolute atomic E-state index is 10.8. The number of anilines is 1. The molecule has 0 aromatic heterocycles. The van der Waals surface area contributed by atoms with Crippen LogP contribution >= 0.6 is 0 Å². The first-order valence-electron chi connectivity index (χ1n) is 6.77. The zero-order valence-electron chi connectivity index (χ0n) is 11.0. The summed E-state index contributed by atoms with van der Waals surface area (Å²) in [7, 11) is 0. The first kappa shape index (κ1) is 12.7. The number of nitrogens with zero attached hydrogens (tertiary/aromatic N) is 3. The second-order valence-electron chi connectivity index (χ2n) is 5.44. The van der Waals surface area contributed by atoms with Gasteiger partial charge in [-0.3, -0.25) is 10.1 Å². The van der Waals surface area contributed by atoms with Crippen LogP contribution in [0.2, 0.25) is 0 Å². The van der Waals surface area contributed by atoms with E-state index in [0.717, 1.165) is 31.6 Å². The summed E-state index contributed by atoms with van der Waals surface area (Å²) in [6.45, 7) is 1.86. The van der Waals surface area contributed by atoms with E-state index in [1.807, 2.05) is 0 Å². The Morgan fingerprint density at radius 2 is 1.90 bits per heavy atom. The van der Waals surface area contributed by atoms with E-state index < -0.39 is 4.92 Å². The van der Waals surface area contributed by atoms with E-state index in [0.29, 0.717) is 17.4 Å². The molecule has 5 heteroatoms. The second kappa shape index (κ2) is 4.97. The number of nitro groups is 1. The lowest BCUT2D eigenvalue weighted by atomic mass is 9.86. The number of benzene rings is 1. The number of rotatable bonds is 2. The van der Waals surface area contributed by atoms with E-state index >= 15 is 0 Å². The molecule has 0 amide bonds. The molecule has 2 aliphatic rings. The summed E-state index contributed by atoms with van der Waals surface area (Å²) in [4.78, 5) is 12.5. The molecule has 1 aromatic carbocycles. The number of nitro benzene ring substituents is 1. The predicted molar refractivity (Wildman–Crippen MR) is 75.4 cm³/mol. The zero-order chi connectivity index (χ0) is 14.1. The number of hydrogen-bond acceptors (Lipinski definition) is 4. The molecule has 0 saturated carbocycles. The fourth-order valence-corrected chi connectivity index (χ4v) is 3.21. The highest BCUT2D eigenvalue weighted by molar-refractivity contribution is 5.63. The maximum atomic E-state index is 10.8. The van der Waals surface area contributed by atoms with Gasteiger partial charge in [0.1, 0.15) is 6.07 Å². The molecule has 0 spiro atoms. The van der Waals surface area contributed by atoms with Crippen LogP contribution in [0.25, 0.3) is 0 Å². The molecule has 1 aromatic rings. The molecular weight excluding hydrogens is 254 g/mol. The standard InChI is InChI=1S/C15H15N3O2/c16-8-13-7-14(18(19)20)5-6-15(13)17-9-11-3-1-2-4-12(11)10-17/h1-2,5-7,11-12H,3-4,9-10H2. The molecule has 2 atom stereocenters. The number of allylic oxidation sites excluding steroid dienone is 2. The van der Waals surface area contributed by atoms with Crippen molar-refractivity contribution in [3.05, 3.63) is 46.0 Å². The van der Waals surface area contributed by atoms with Crippen LogP contribution in [-0.4, -0.2) is 18.0 Å². The molecular formula is C15H15N3O2. The molecule has 102 valence electrons. The highest BCUT2D eigenvalue weighted by Gasteiger charge is 2.33. The number of non-ortho nitro benzene ring substituents is 1. The molecule has 0 bridgehead atoms. The molecule has 0 N–H and O–H groups in total. The predicted octanol–water partition coefficient (Wildman–Crippen LogP) is 2.87. The second-order valence-corrected chi connectivity index (χ2v) is 5.44. The van der Waals surface area contributed by atoms with Gasteiger partial charge in [-0.2, -0.15) is 5.26 Å². The lowest BCUT2D eigenvalue weighted by Gasteiger charge is -2.19. The highest BCUT2D eigenvalue weighted by Crippen LogP contribution is 2.37. The number of nitriles is 1. The van der Waals surface area contributed by atoms with Gasteiger partial charge in [-0.1, -0.05) is 12.2 Å². The Hall–Kier alpha value is -2.35. The lowest BCUT2D eigenvalue weighted by molar-refractivity contribution is -0.384. The van der Waals surface area contributed by atoms with Crippen LogP contribution in [0.1, 0.15) is 18.4 Å². The quantitative estimate of drug-likeness (QED) is 0.470. The van der Waals surface area contributed by atoms with E-state index in [-0.39, 0.29) is 5.69 Å². The van der Waals surface area contributed by atoms with E-state index in [1.165, 1.54) is 12.1 Å². The van der Waals surface area contributed by atoms with Crippen molar-refractivity contribution in [1.82, 2.24) is 0 Å². The van der Waals surface area contributed by atoms with Gasteiger partial charge < -0.3 is 4.90 Å². The van der Waals surface area contributed by atoms with Crippen molar-refractivity contribution in [2.75, 3.05) is 18.0 Å². The summed E-state index contributed by atoms with van der Waals surface area (Å²) in [5.74, 6) is 1.28. The lowest BCUT2D eigenvalue weighted by Crippen LogP contribution is -2.20. The van der Waals surface area contributed by atoms with Crippen molar-refractivity contribution in [2.45, 2.75) is 12.8 Å². The summed E-state index contributed by atoms with van der Waals surface area (Å²) in [5.41, 5.74) is 1.20. The van der Waals surface area contributed by atoms with E-state index in [4.69, 9.17) is 0 Å². The molecule has 1 saturated heterocycles. The summed E-state index contributed by atoms with van der Waals surface area (Å²) in [5, 5.41) is 20.0. The third-order valence-electron chi connectivity index (χ3n) is 4.27. The van der Waals surface area contributed by atoms with Gasteiger partial charge in [-0.25, -0.2) is 0 Å². The van der Waals surface area contributed by atoms with E-state index in [2.05, 4.69) is 23.1 Å². The maximum Gasteiger partial charge on any atom is 0.270 e. The van der Waals surface area contributed by atoms with Crippen LogP contribution in [0, 0.1) is 33.3 Å². The van der Waals surface area contributed by atoms with Gasteiger partial charge in [0, 0.05) is 25.2 Å². The topological polar surface area (TPSA) is 70.2 Å². The minimum Gasteiger partial charge on any atom is -0.370 e. The fraction of sp³-hybridized carbons (Fsp3) is 0.400. The Balaban J connectivity index is 1.88. The minimum atomic E-state index is -0.460. The van der Waals surface area contributed by atoms with Gasteiger partial charge >= 0.3 is 0 Å². The van der Waals surface area contributed by atoms with Gasteiger partial charge in [0.05, 0.1) is 16.2 Å². The van der Waals surface area contributed by atoms with Crippen molar-refractivity contribution in [2.24, 2.45) is 11.8 Å². The fourth-order valence-electron chi connectivity index (χ4n) is 3.21. The van der Waals surface area contributed by atoms with Crippen LogP contribution in [0.4, 0.5) is 11.4 Å². The third kappa shape index (κ3) is 2.14. The summed E-state index contributed by atoms with van der Waals surface area (Å²) >= 11 is 0. The molecule has 1 aliphatic carbocycles. The van der Waals surface area contributed by atoms with Crippen molar-refractivity contribution >= 4 is 11.4 Å². The van der Waals surface area contributed by atoms with Gasteiger partial charge in [0.2, 0.25) is 0 Å². The van der Waals surface area contributed by atoms with Crippen LogP contribution < -0.4 is 4.90 Å². The Kier molecular flexibility index (Phi) is 3.15. The van der Waals surface area contributed by atoms with Crippen LogP contribution in [0.3, 0.4) is 0 Å². The summed E-state index contributed by atoms with van der Waals surface area (Å²) < 4.78 is 0. The minimum absolute atomic E-state index is 0.0245. The SMILES string of the molecule is N#Cc1cc([N+](=O)[O-])ccc1N1CC2CC=CCC2C1. The van der Waals surface area contributed by atoms with Crippen molar-refractivity contribution < 1.29 is 4.92 Å². The Morgan fingerprint density at radius 3 is 2.45 bits per heavy atom. The van der Waals surface area contributed by atoms with Crippen LogP contribution in [0.15, 0.2) is 30.4 Å². The first-order valence-corrected chi connectivity index (χ1v) is 6.77. The van der Waals surface area contributed by atoms with Crippen LogP contribution in [-0.2, 0) is 0 Å². The molecule has 2 unspecified atom stereocenters. The molecule has 0 radical (unpaired) electrons. The smallest absolute Gasteiger partial charge is 0.270 e. The van der Waals surface area contributed by atoms with Crippen LogP contribution in [0.5, 0.6) is 0 Å². The molecule has 20 heavy (non-hydrogen) atoms. The van der Waals surface area contributed by atoms with Gasteiger partial charge in [-0.15, -0.1) is 0 Å². The molecule has 3 rings (SSSR count). The number of hydrogen-bond donors (Lipinski definition) is 0. The van der Waals surface area contributed by atoms with Crippen molar-refractivity contribution in [3.8, 4) is 6.07 Å². The molecule has 5 nitrogen and oxygen atoms in total. The van der Waals surface area contributed by atoms with E-state index in [1.54, 1.807) is 6.07 Å². The van der Waals surface area contributed by atoms with Crippen molar-refractivity contribution in [3.63, 3.8) is 0 Å². The average Bonchev–Trinajstić information content (AvgIpc) is 2.90. The summed E-state index contributed by atoms with van der Waals surface area (Å²) in [6.07, 6.45) is 6.64. The van der Waals surface area contributed by atoms with Gasteiger partial charge in [0.15, 0.2) is 0 Å². The zero-order valence-corrected chi connectivity index (χ0v) is 11.0. The Morgan fingerprint density at radius 1 is 1.25 bits per heavy atom. The first-order chi connectivity index (χ1) is 9.69. The van der Waals surface area contributed by atoms with E-state index in [9.17, 15) is 15.4 Å². The molecule has 1 heterocycles. The Labute approximate surface area is 117 Å². The van der Waals surface area contributed by atoms with Gasteiger partial charge in [-0.05, 0) is 30.7 Å². The van der Waals surface area contributed by atoms with Gasteiger partial charge in [0.25, 0.3) is 5.69 Å². The van der Waals surface area contributed by atoms with Crippen molar-refractivity contribution in [1.29, 1.82) is 5.26 Å². The average molecular weight is 269 g/mol. The Bertz CT molecular complexity index is 602.